The molecule has 0 unspecified atom stereocenters. The van der Waals surface area contributed by atoms with Crippen molar-refractivity contribution in [3.05, 3.63) is 30.3 Å². The van der Waals surface area contributed by atoms with E-state index in [4.69, 9.17) is 4.74 Å². The Hall–Kier alpha value is -2.08. The number of carbonyl (C=O) groups excluding carboxylic acids is 2. The van der Waals surface area contributed by atoms with Gasteiger partial charge in [0, 0.05) is 38.4 Å². The van der Waals surface area contributed by atoms with Crippen molar-refractivity contribution < 1.29 is 14.3 Å². The third-order valence-corrected chi connectivity index (χ3v) is 6.40. The SMILES string of the molecule is CC(C)(C)OC(=O)[C@H]1CC2(CC2)CN[C@@H]1C(=O)N1CCN(c2ccccc2)CC1. The van der Waals surface area contributed by atoms with E-state index in [-0.39, 0.29) is 17.3 Å². The molecule has 2 saturated heterocycles. The van der Waals surface area contributed by atoms with E-state index in [0.717, 1.165) is 38.9 Å². The molecule has 1 N–H and O–H groups in total. The second-order valence-corrected chi connectivity index (χ2v) is 9.85. The van der Waals surface area contributed by atoms with Gasteiger partial charge in [-0.05, 0) is 57.6 Å². The molecule has 2 heterocycles. The minimum Gasteiger partial charge on any atom is -0.460 e. The Morgan fingerprint density at radius 1 is 1.07 bits per heavy atom. The van der Waals surface area contributed by atoms with Gasteiger partial charge < -0.3 is 19.9 Å². The highest BCUT2D eigenvalue weighted by atomic mass is 16.6. The Kier molecular flexibility index (Phi) is 5.32. The van der Waals surface area contributed by atoms with Crippen molar-refractivity contribution >= 4 is 17.6 Å². The van der Waals surface area contributed by atoms with Crippen LogP contribution in [-0.2, 0) is 14.3 Å². The summed E-state index contributed by atoms with van der Waals surface area (Å²) in [7, 11) is 0. The molecule has 0 bridgehead atoms. The Bertz CT molecular complexity index is 746. The first-order valence-corrected chi connectivity index (χ1v) is 10.8. The summed E-state index contributed by atoms with van der Waals surface area (Å²) in [5, 5.41) is 3.42. The third kappa shape index (κ3) is 4.58. The molecule has 1 saturated carbocycles. The molecule has 6 nitrogen and oxygen atoms in total. The van der Waals surface area contributed by atoms with Crippen molar-refractivity contribution in [1.29, 1.82) is 0 Å². The highest BCUT2D eigenvalue weighted by Crippen LogP contribution is 2.53. The van der Waals surface area contributed by atoms with E-state index in [0.29, 0.717) is 13.1 Å². The van der Waals surface area contributed by atoms with E-state index < -0.39 is 17.6 Å². The number of esters is 1. The van der Waals surface area contributed by atoms with Gasteiger partial charge in [-0.2, -0.15) is 0 Å². The number of para-hydroxylation sites is 1. The number of piperidine rings is 1. The van der Waals surface area contributed by atoms with Gasteiger partial charge in [0.25, 0.3) is 0 Å². The number of hydrogen-bond acceptors (Lipinski definition) is 5. The van der Waals surface area contributed by atoms with E-state index >= 15 is 0 Å². The summed E-state index contributed by atoms with van der Waals surface area (Å²) in [6.45, 7) is 9.45. The van der Waals surface area contributed by atoms with Crippen molar-refractivity contribution in [1.82, 2.24) is 10.2 Å². The fraction of sp³-hybridized carbons (Fsp3) is 0.652. The minimum absolute atomic E-state index is 0.0454. The fourth-order valence-electron chi connectivity index (χ4n) is 4.56. The van der Waals surface area contributed by atoms with Crippen LogP contribution in [-0.4, -0.2) is 61.1 Å². The first-order chi connectivity index (χ1) is 13.8. The number of carbonyl (C=O) groups is 2. The Morgan fingerprint density at radius 2 is 1.72 bits per heavy atom. The van der Waals surface area contributed by atoms with Crippen molar-refractivity contribution in [2.24, 2.45) is 11.3 Å². The second-order valence-electron chi connectivity index (χ2n) is 9.85. The fourth-order valence-corrected chi connectivity index (χ4v) is 4.56. The Balaban J connectivity index is 1.41. The van der Waals surface area contributed by atoms with Gasteiger partial charge in [0.15, 0.2) is 0 Å². The molecule has 4 rings (SSSR count). The van der Waals surface area contributed by atoms with E-state index in [1.165, 1.54) is 5.69 Å². The number of anilines is 1. The van der Waals surface area contributed by atoms with Crippen LogP contribution in [0.15, 0.2) is 30.3 Å². The number of hydrogen-bond donors (Lipinski definition) is 1. The molecular weight excluding hydrogens is 366 g/mol. The molecule has 0 aromatic heterocycles. The third-order valence-electron chi connectivity index (χ3n) is 6.40. The molecule has 1 spiro atoms. The van der Waals surface area contributed by atoms with Crippen molar-refractivity contribution in [2.45, 2.75) is 51.7 Å². The van der Waals surface area contributed by atoms with E-state index in [1.807, 2.05) is 43.9 Å². The summed E-state index contributed by atoms with van der Waals surface area (Å²) in [6.07, 6.45) is 3.03. The molecule has 158 valence electrons. The normalized spacial score (nSPS) is 26.3. The van der Waals surface area contributed by atoms with Crippen LogP contribution in [0, 0.1) is 11.3 Å². The van der Waals surface area contributed by atoms with E-state index in [9.17, 15) is 9.59 Å². The monoisotopic (exact) mass is 399 g/mol. The van der Waals surface area contributed by atoms with Crippen LogP contribution in [0.2, 0.25) is 0 Å². The summed E-state index contributed by atoms with van der Waals surface area (Å²) in [6, 6.07) is 9.83. The predicted octanol–water partition coefficient (Wildman–Crippen LogP) is 2.44. The maximum absolute atomic E-state index is 13.3. The molecule has 1 amide bonds. The number of nitrogens with zero attached hydrogens (tertiary/aromatic N) is 2. The van der Waals surface area contributed by atoms with Crippen LogP contribution in [0.4, 0.5) is 5.69 Å². The highest BCUT2D eigenvalue weighted by Gasteiger charge is 2.53. The molecule has 2 atom stereocenters. The largest absolute Gasteiger partial charge is 0.460 e. The highest BCUT2D eigenvalue weighted by molar-refractivity contribution is 5.89. The van der Waals surface area contributed by atoms with Crippen LogP contribution in [0.3, 0.4) is 0 Å². The summed E-state index contributed by atoms with van der Waals surface area (Å²) in [4.78, 5) is 30.5. The molecule has 6 heteroatoms. The summed E-state index contributed by atoms with van der Waals surface area (Å²) < 4.78 is 5.68. The molecule has 29 heavy (non-hydrogen) atoms. The number of amides is 1. The molecular formula is C23H33N3O3. The second kappa shape index (κ2) is 7.63. The summed E-state index contributed by atoms with van der Waals surface area (Å²) in [5.74, 6) is -0.591. The summed E-state index contributed by atoms with van der Waals surface area (Å²) in [5.41, 5.74) is 0.850. The van der Waals surface area contributed by atoms with E-state index in [2.05, 4.69) is 22.3 Å². The van der Waals surface area contributed by atoms with E-state index in [1.54, 1.807) is 0 Å². The lowest BCUT2D eigenvalue weighted by molar-refractivity contribution is -0.165. The first kappa shape index (κ1) is 20.2. The molecule has 2 aliphatic heterocycles. The first-order valence-electron chi connectivity index (χ1n) is 10.8. The number of rotatable bonds is 3. The smallest absolute Gasteiger partial charge is 0.311 e. The van der Waals surface area contributed by atoms with Gasteiger partial charge in [-0.1, -0.05) is 18.2 Å². The molecule has 0 radical (unpaired) electrons. The zero-order valence-corrected chi connectivity index (χ0v) is 17.8. The predicted molar refractivity (Wildman–Crippen MR) is 113 cm³/mol. The lowest BCUT2D eigenvalue weighted by Gasteiger charge is -2.41. The number of piperazine rings is 1. The maximum Gasteiger partial charge on any atom is 0.311 e. The minimum atomic E-state index is -0.542. The van der Waals surface area contributed by atoms with Crippen molar-refractivity contribution in [2.75, 3.05) is 37.6 Å². The van der Waals surface area contributed by atoms with Gasteiger partial charge in [0.05, 0.1) is 5.92 Å². The Morgan fingerprint density at radius 3 is 2.31 bits per heavy atom. The van der Waals surface area contributed by atoms with Crippen molar-refractivity contribution in [3.8, 4) is 0 Å². The molecule has 3 aliphatic rings. The number of ether oxygens (including phenoxy) is 1. The quantitative estimate of drug-likeness (QED) is 0.791. The van der Waals surface area contributed by atoms with Gasteiger partial charge in [-0.3, -0.25) is 9.59 Å². The van der Waals surface area contributed by atoms with Crippen LogP contribution in [0.5, 0.6) is 0 Å². The topological polar surface area (TPSA) is 61.9 Å². The zero-order chi connectivity index (χ0) is 20.6. The maximum atomic E-state index is 13.3. The van der Waals surface area contributed by atoms with Gasteiger partial charge in [-0.15, -0.1) is 0 Å². The van der Waals surface area contributed by atoms with Gasteiger partial charge in [-0.25, -0.2) is 0 Å². The average molecular weight is 400 g/mol. The summed E-state index contributed by atoms with van der Waals surface area (Å²) >= 11 is 0. The van der Waals surface area contributed by atoms with Crippen LogP contribution < -0.4 is 10.2 Å². The molecule has 1 aromatic rings. The van der Waals surface area contributed by atoms with Crippen LogP contribution in [0.25, 0.3) is 0 Å². The van der Waals surface area contributed by atoms with Gasteiger partial charge in [0.1, 0.15) is 11.6 Å². The van der Waals surface area contributed by atoms with Crippen molar-refractivity contribution in [3.63, 3.8) is 0 Å². The lowest BCUT2D eigenvalue weighted by Crippen LogP contribution is -2.60. The molecule has 1 aliphatic carbocycles. The van der Waals surface area contributed by atoms with Gasteiger partial charge in [0.2, 0.25) is 5.91 Å². The van der Waals surface area contributed by atoms with Crippen LogP contribution in [0.1, 0.15) is 40.0 Å². The lowest BCUT2D eigenvalue weighted by atomic mass is 9.81. The zero-order valence-electron chi connectivity index (χ0n) is 17.8. The average Bonchev–Trinajstić information content (AvgIpc) is 3.45. The molecule has 3 fully saturated rings. The van der Waals surface area contributed by atoms with Crippen LogP contribution >= 0.6 is 0 Å². The Labute approximate surface area is 173 Å². The standard InChI is InChI=1S/C23H33N3O3/c1-22(2,3)29-21(28)18-15-23(9-10-23)16-24-19(18)20(27)26-13-11-25(12-14-26)17-7-5-4-6-8-17/h4-8,18-19,24H,9-16H2,1-3H3/t18-,19-/m0/s1. The number of benzene rings is 1. The molecule has 1 aromatic carbocycles. The van der Waals surface area contributed by atoms with Gasteiger partial charge >= 0.3 is 5.97 Å². The number of nitrogens with one attached hydrogen (secondary N) is 1.